The van der Waals surface area contributed by atoms with Gasteiger partial charge in [0.25, 0.3) is 0 Å². The number of nitrogens with zero attached hydrogens (tertiary/aromatic N) is 3. The van der Waals surface area contributed by atoms with E-state index in [0.29, 0.717) is 18.0 Å². The summed E-state index contributed by atoms with van der Waals surface area (Å²) in [6, 6.07) is 1.11. The van der Waals surface area contributed by atoms with Gasteiger partial charge in [0.05, 0.1) is 11.4 Å². The summed E-state index contributed by atoms with van der Waals surface area (Å²) in [4.78, 5) is 2.52. The second-order valence-electron chi connectivity index (χ2n) is 5.55. The first kappa shape index (κ1) is 12.4. The van der Waals surface area contributed by atoms with E-state index in [1.54, 1.807) is 0 Å². The molecule has 96 valence electrons. The lowest BCUT2D eigenvalue weighted by Gasteiger charge is -2.42. The fourth-order valence-electron chi connectivity index (χ4n) is 2.67. The standard InChI is InChI=1S/C13H24N4/c1-9(2)12-6-14-10(3)7-17(12)13-8-16(5)15-11(13)4/h8-10,12,14H,6-7H2,1-5H3. The Labute approximate surface area is 104 Å². The van der Waals surface area contributed by atoms with Gasteiger partial charge in [0.1, 0.15) is 0 Å². The van der Waals surface area contributed by atoms with Gasteiger partial charge in [-0.1, -0.05) is 13.8 Å². The van der Waals surface area contributed by atoms with Crippen LogP contribution in [0.4, 0.5) is 5.69 Å². The Kier molecular flexibility index (Phi) is 3.43. The van der Waals surface area contributed by atoms with Crippen LogP contribution in [0.3, 0.4) is 0 Å². The molecule has 2 rings (SSSR count). The number of anilines is 1. The first-order valence-electron chi connectivity index (χ1n) is 6.49. The summed E-state index contributed by atoms with van der Waals surface area (Å²) in [5, 5.41) is 8.03. The van der Waals surface area contributed by atoms with E-state index in [9.17, 15) is 0 Å². The van der Waals surface area contributed by atoms with Crippen molar-refractivity contribution in [1.82, 2.24) is 15.1 Å². The highest BCUT2D eigenvalue weighted by Crippen LogP contribution is 2.25. The van der Waals surface area contributed by atoms with Crippen LogP contribution in [0.15, 0.2) is 6.20 Å². The van der Waals surface area contributed by atoms with Gasteiger partial charge in [-0.25, -0.2) is 0 Å². The molecule has 1 aromatic heterocycles. The summed E-state index contributed by atoms with van der Waals surface area (Å²) >= 11 is 0. The average molecular weight is 236 g/mol. The molecule has 1 fully saturated rings. The van der Waals surface area contributed by atoms with Gasteiger partial charge in [-0.2, -0.15) is 5.10 Å². The van der Waals surface area contributed by atoms with Crippen molar-refractivity contribution in [2.75, 3.05) is 18.0 Å². The minimum absolute atomic E-state index is 0.546. The van der Waals surface area contributed by atoms with Crippen LogP contribution in [0.25, 0.3) is 0 Å². The number of hydrogen-bond acceptors (Lipinski definition) is 3. The summed E-state index contributed by atoms with van der Waals surface area (Å²) in [5.74, 6) is 0.648. The van der Waals surface area contributed by atoms with Crippen molar-refractivity contribution in [3.8, 4) is 0 Å². The minimum atomic E-state index is 0.546. The molecule has 0 radical (unpaired) electrons. The molecule has 1 N–H and O–H groups in total. The normalized spacial score (nSPS) is 25.6. The van der Waals surface area contributed by atoms with Crippen LogP contribution in [-0.4, -0.2) is 35.0 Å². The zero-order valence-corrected chi connectivity index (χ0v) is 11.6. The third-order valence-corrected chi connectivity index (χ3v) is 3.61. The smallest absolute Gasteiger partial charge is 0.0827 e. The molecular weight excluding hydrogens is 212 g/mol. The fourth-order valence-corrected chi connectivity index (χ4v) is 2.67. The first-order valence-corrected chi connectivity index (χ1v) is 6.49. The van der Waals surface area contributed by atoms with Gasteiger partial charge in [0.2, 0.25) is 0 Å². The van der Waals surface area contributed by atoms with E-state index >= 15 is 0 Å². The van der Waals surface area contributed by atoms with Gasteiger partial charge in [-0.05, 0) is 19.8 Å². The first-order chi connectivity index (χ1) is 7.99. The van der Waals surface area contributed by atoms with Crippen LogP contribution in [0, 0.1) is 12.8 Å². The third kappa shape index (κ3) is 2.46. The molecule has 0 bridgehead atoms. The van der Waals surface area contributed by atoms with Crippen molar-refractivity contribution in [1.29, 1.82) is 0 Å². The third-order valence-electron chi connectivity index (χ3n) is 3.61. The predicted octanol–water partition coefficient (Wildman–Crippen LogP) is 1.55. The molecule has 0 aromatic carbocycles. The Morgan fingerprint density at radius 2 is 2.18 bits per heavy atom. The molecule has 2 unspecified atom stereocenters. The zero-order chi connectivity index (χ0) is 12.6. The minimum Gasteiger partial charge on any atom is -0.363 e. The molecular formula is C13H24N4. The highest BCUT2D eigenvalue weighted by Gasteiger charge is 2.29. The van der Waals surface area contributed by atoms with Gasteiger partial charge in [-0.3, -0.25) is 4.68 Å². The zero-order valence-electron chi connectivity index (χ0n) is 11.6. The number of piperazine rings is 1. The van der Waals surface area contributed by atoms with E-state index < -0.39 is 0 Å². The van der Waals surface area contributed by atoms with E-state index in [1.807, 2.05) is 11.7 Å². The predicted molar refractivity (Wildman–Crippen MR) is 71.4 cm³/mol. The molecule has 1 aliphatic heterocycles. The van der Waals surface area contributed by atoms with E-state index in [4.69, 9.17) is 0 Å². The van der Waals surface area contributed by atoms with E-state index in [2.05, 4.69) is 49.2 Å². The van der Waals surface area contributed by atoms with Crippen LogP contribution < -0.4 is 10.2 Å². The highest BCUT2D eigenvalue weighted by molar-refractivity contribution is 5.50. The van der Waals surface area contributed by atoms with Gasteiger partial charge in [0.15, 0.2) is 0 Å². The maximum absolute atomic E-state index is 4.46. The quantitative estimate of drug-likeness (QED) is 0.846. The van der Waals surface area contributed by atoms with E-state index in [1.165, 1.54) is 5.69 Å². The van der Waals surface area contributed by atoms with Crippen LogP contribution in [0.1, 0.15) is 26.5 Å². The Morgan fingerprint density at radius 1 is 1.47 bits per heavy atom. The van der Waals surface area contributed by atoms with Gasteiger partial charge < -0.3 is 10.2 Å². The lowest BCUT2D eigenvalue weighted by atomic mass is 9.98. The maximum Gasteiger partial charge on any atom is 0.0827 e. The van der Waals surface area contributed by atoms with Gasteiger partial charge in [-0.15, -0.1) is 0 Å². The molecule has 1 aliphatic rings. The van der Waals surface area contributed by atoms with Gasteiger partial charge >= 0.3 is 0 Å². The Bertz CT molecular complexity index is 383. The number of aryl methyl sites for hydroxylation is 2. The molecule has 1 saturated heterocycles. The van der Waals surface area contributed by atoms with Crippen molar-refractivity contribution >= 4 is 5.69 Å². The van der Waals surface area contributed by atoms with Crippen molar-refractivity contribution in [3.05, 3.63) is 11.9 Å². The molecule has 1 aromatic rings. The molecule has 4 heteroatoms. The van der Waals surface area contributed by atoms with Crippen molar-refractivity contribution in [2.24, 2.45) is 13.0 Å². The number of aromatic nitrogens is 2. The molecule has 4 nitrogen and oxygen atoms in total. The lowest BCUT2D eigenvalue weighted by molar-refractivity contribution is 0.349. The van der Waals surface area contributed by atoms with Crippen LogP contribution in [-0.2, 0) is 7.05 Å². The molecule has 2 atom stereocenters. The fraction of sp³-hybridized carbons (Fsp3) is 0.769. The Balaban J connectivity index is 2.28. The van der Waals surface area contributed by atoms with Crippen LogP contribution in [0.5, 0.6) is 0 Å². The van der Waals surface area contributed by atoms with E-state index in [0.717, 1.165) is 18.8 Å². The highest BCUT2D eigenvalue weighted by atomic mass is 15.3. The van der Waals surface area contributed by atoms with Crippen LogP contribution in [0.2, 0.25) is 0 Å². The van der Waals surface area contributed by atoms with Crippen molar-refractivity contribution in [3.63, 3.8) is 0 Å². The molecule has 0 aliphatic carbocycles. The summed E-state index contributed by atoms with van der Waals surface area (Å²) in [5.41, 5.74) is 2.42. The summed E-state index contributed by atoms with van der Waals surface area (Å²) in [6.07, 6.45) is 2.14. The molecule has 0 amide bonds. The largest absolute Gasteiger partial charge is 0.363 e. The van der Waals surface area contributed by atoms with E-state index in [-0.39, 0.29) is 0 Å². The SMILES string of the molecule is Cc1nn(C)cc1N1CC(C)NCC1C(C)C. The van der Waals surface area contributed by atoms with Crippen molar-refractivity contribution in [2.45, 2.75) is 39.8 Å². The Hall–Kier alpha value is -1.03. The number of rotatable bonds is 2. The maximum atomic E-state index is 4.46. The second-order valence-corrected chi connectivity index (χ2v) is 5.55. The summed E-state index contributed by atoms with van der Waals surface area (Å²) < 4.78 is 1.91. The summed E-state index contributed by atoms with van der Waals surface area (Å²) in [6.45, 7) is 11.1. The molecule has 17 heavy (non-hydrogen) atoms. The van der Waals surface area contributed by atoms with Crippen LogP contribution >= 0.6 is 0 Å². The lowest BCUT2D eigenvalue weighted by Crippen LogP contribution is -2.57. The topological polar surface area (TPSA) is 33.1 Å². The molecule has 0 spiro atoms. The summed E-state index contributed by atoms with van der Waals surface area (Å²) in [7, 11) is 1.99. The molecule has 2 heterocycles. The van der Waals surface area contributed by atoms with Gasteiger partial charge in [0, 0.05) is 38.4 Å². The number of nitrogens with one attached hydrogen (secondary N) is 1. The monoisotopic (exact) mass is 236 g/mol. The number of hydrogen-bond donors (Lipinski definition) is 1. The Morgan fingerprint density at radius 3 is 2.71 bits per heavy atom. The average Bonchev–Trinajstić information content (AvgIpc) is 2.57. The molecule has 0 saturated carbocycles. The van der Waals surface area contributed by atoms with Crippen molar-refractivity contribution < 1.29 is 0 Å². The second kappa shape index (κ2) is 4.69.